The minimum atomic E-state index is -3.98. The maximum atomic E-state index is 12.6. The van der Waals surface area contributed by atoms with E-state index in [-0.39, 0.29) is 11.3 Å². The van der Waals surface area contributed by atoms with Gasteiger partial charge in [-0.2, -0.15) is 0 Å². The Morgan fingerprint density at radius 3 is 2.35 bits per heavy atom. The van der Waals surface area contributed by atoms with Gasteiger partial charge in [-0.1, -0.05) is 31.2 Å². The minimum absolute atomic E-state index is 0.0541. The number of sulfonamides is 1. The number of nitrogens with zero attached hydrogens (tertiary/aromatic N) is 1. The lowest BCUT2D eigenvalue weighted by Crippen LogP contribution is -2.47. The second-order valence-corrected chi connectivity index (χ2v) is 7.11. The molecule has 23 heavy (non-hydrogen) atoms. The van der Waals surface area contributed by atoms with Crippen molar-refractivity contribution in [2.24, 2.45) is 0 Å². The van der Waals surface area contributed by atoms with Crippen molar-refractivity contribution in [3.05, 3.63) is 36.4 Å². The van der Waals surface area contributed by atoms with E-state index in [9.17, 15) is 18.3 Å². The summed E-state index contributed by atoms with van der Waals surface area (Å²) < 4.78 is 27.4. The zero-order valence-electron chi connectivity index (χ0n) is 13.2. The minimum Gasteiger partial charge on any atom is -0.548 e. The third-order valence-electron chi connectivity index (χ3n) is 3.62. The molecule has 124 valence electrons. The Labute approximate surface area is 135 Å². The van der Waals surface area contributed by atoms with Crippen LogP contribution in [0.2, 0.25) is 0 Å². The van der Waals surface area contributed by atoms with Crippen LogP contribution in [0.15, 0.2) is 41.3 Å². The summed E-state index contributed by atoms with van der Waals surface area (Å²) >= 11 is 0. The number of benzene rings is 2. The zero-order valence-corrected chi connectivity index (χ0v) is 14.1. The van der Waals surface area contributed by atoms with Crippen molar-refractivity contribution >= 4 is 32.5 Å². The smallest absolute Gasteiger partial charge is 0.241 e. The molecule has 0 aliphatic carbocycles. The molecule has 2 aromatic rings. The van der Waals surface area contributed by atoms with Gasteiger partial charge < -0.3 is 14.8 Å². The van der Waals surface area contributed by atoms with E-state index in [0.717, 1.165) is 11.1 Å². The normalized spacial score (nSPS) is 13.0. The van der Waals surface area contributed by atoms with Gasteiger partial charge in [0.25, 0.3) is 0 Å². The van der Waals surface area contributed by atoms with Gasteiger partial charge in [-0.25, -0.2) is 13.1 Å². The van der Waals surface area contributed by atoms with Crippen LogP contribution < -0.4 is 14.7 Å². The number of carbonyl (C=O) groups excluding carboxylic acids is 1. The van der Waals surface area contributed by atoms with Crippen LogP contribution in [0.5, 0.6) is 0 Å². The number of carbonyl (C=O) groups is 1. The molecule has 6 nitrogen and oxygen atoms in total. The molecule has 0 fully saturated rings. The topological polar surface area (TPSA) is 89.5 Å². The predicted octanol–water partition coefficient (Wildman–Crippen LogP) is 0.713. The number of hydrogen-bond acceptors (Lipinski definition) is 5. The van der Waals surface area contributed by atoms with Gasteiger partial charge in [0.1, 0.15) is 0 Å². The highest BCUT2D eigenvalue weighted by molar-refractivity contribution is 7.89. The Hall–Kier alpha value is -2.12. The Morgan fingerprint density at radius 2 is 1.78 bits per heavy atom. The molecule has 0 aliphatic rings. The van der Waals surface area contributed by atoms with Crippen LogP contribution in [-0.4, -0.2) is 34.5 Å². The summed E-state index contributed by atoms with van der Waals surface area (Å²) in [4.78, 5) is 12.9. The summed E-state index contributed by atoms with van der Waals surface area (Å²) in [5.74, 6) is -1.44. The van der Waals surface area contributed by atoms with Crippen molar-refractivity contribution in [2.75, 3.05) is 19.0 Å². The zero-order chi connectivity index (χ0) is 17.2. The summed E-state index contributed by atoms with van der Waals surface area (Å²) in [5.41, 5.74) is 0.881. The first-order chi connectivity index (χ1) is 10.8. The standard InChI is InChI=1S/C16H20N2O4S/c1-4-13(16(19)20)17-23(21,22)15-10-6-7-11-12(15)8-5-9-14(11)18(2)3/h5-10,13,17H,4H2,1-3H3,(H,19,20)/p-1/t13-/m1/s1. The van der Waals surface area contributed by atoms with Crippen molar-refractivity contribution in [3.8, 4) is 0 Å². The number of aliphatic carboxylic acids is 1. The molecule has 7 heteroatoms. The van der Waals surface area contributed by atoms with Gasteiger partial charge >= 0.3 is 0 Å². The summed E-state index contributed by atoms with van der Waals surface area (Å²) in [7, 11) is -0.230. The monoisotopic (exact) mass is 335 g/mol. The van der Waals surface area contributed by atoms with Crippen LogP contribution in [0.4, 0.5) is 5.69 Å². The summed E-state index contributed by atoms with van der Waals surface area (Å²) in [6.45, 7) is 1.58. The van der Waals surface area contributed by atoms with E-state index in [1.54, 1.807) is 25.1 Å². The van der Waals surface area contributed by atoms with E-state index in [1.165, 1.54) is 6.07 Å². The second kappa shape index (κ2) is 6.55. The molecular weight excluding hydrogens is 316 g/mol. The molecule has 0 saturated heterocycles. The van der Waals surface area contributed by atoms with Gasteiger partial charge in [0.05, 0.1) is 16.9 Å². The fourth-order valence-electron chi connectivity index (χ4n) is 2.44. The number of rotatable bonds is 6. The van der Waals surface area contributed by atoms with Crippen LogP contribution in [0.3, 0.4) is 0 Å². The third-order valence-corrected chi connectivity index (χ3v) is 5.15. The van der Waals surface area contributed by atoms with E-state index in [2.05, 4.69) is 4.72 Å². The largest absolute Gasteiger partial charge is 0.548 e. The molecule has 2 rings (SSSR count). The Morgan fingerprint density at radius 1 is 1.17 bits per heavy atom. The first-order valence-corrected chi connectivity index (χ1v) is 8.68. The highest BCUT2D eigenvalue weighted by atomic mass is 32.2. The van der Waals surface area contributed by atoms with E-state index < -0.39 is 22.0 Å². The molecule has 0 aromatic heterocycles. The molecule has 2 aromatic carbocycles. The molecule has 0 saturated carbocycles. The first-order valence-electron chi connectivity index (χ1n) is 7.20. The molecule has 1 atom stereocenters. The summed E-state index contributed by atoms with van der Waals surface area (Å²) in [6.07, 6.45) is 0.106. The highest BCUT2D eigenvalue weighted by Gasteiger charge is 2.22. The maximum Gasteiger partial charge on any atom is 0.241 e. The fourth-order valence-corrected chi connectivity index (χ4v) is 3.93. The van der Waals surface area contributed by atoms with Gasteiger partial charge in [-0.15, -0.1) is 0 Å². The first kappa shape index (κ1) is 17.2. The molecule has 0 radical (unpaired) electrons. The Bertz CT molecular complexity index is 831. The lowest BCUT2D eigenvalue weighted by molar-refractivity contribution is -0.308. The third kappa shape index (κ3) is 3.46. The van der Waals surface area contributed by atoms with Crippen LogP contribution in [0.25, 0.3) is 10.8 Å². The SMILES string of the molecule is CC[C@@H](NS(=O)(=O)c1cccc2c(N(C)C)cccc12)C(=O)[O-]. The Kier molecular flexibility index (Phi) is 4.91. The van der Waals surface area contributed by atoms with E-state index in [0.29, 0.717) is 5.39 Å². The number of carboxylic acids is 1. The van der Waals surface area contributed by atoms with Gasteiger partial charge in [-0.3, -0.25) is 0 Å². The highest BCUT2D eigenvalue weighted by Crippen LogP contribution is 2.30. The lowest BCUT2D eigenvalue weighted by atomic mass is 10.1. The van der Waals surface area contributed by atoms with Gasteiger partial charge in [-0.05, 0) is 18.6 Å². The van der Waals surface area contributed by atoms with Crippen molar-refractivity contribution in [2.45, 2.75) is 24.3 Å². The molecule has 0 amide bonds. The molecule has 0 aliphatic heterocycles. The number of anilines is 1. The molecule has 0 spiro atoms. The molecule has 0 unspecified atom stereocenters. The fraction of sp³-hybridized carbons (Fsp3) is 0.312. The maximum absolute atomic E-state index is 12.6. The van der Waals surface area contributed by atoms with E-state index in [1.807, 2.05) is 31.1 Å². The average Bonchev–Trinajstić information content (AvgIpc) is 2.50. The van der Waals surface area contributed by atoms with E-state index >= 15 is 0 Å². The number of hydrogen-bond donors (Lipinski definition) is 1. The van der Waals surface area contributed by atoms with Crippen molar-refractivity contribution in [1.82, 2.24) is 4.72 Å². The number of nitrogens with one attached hydrogen (secondary N) is 1. The Balaban J connectivity index is 2.59. The van der Waals surface area contributed by atoms with Gasteiger partial charge in [0.15, 0.2) is 0 Å². The second-order valence-electron chi connectivity index (χ2n) is 5.42. The molecular formula is C16H19N2O4S-. The quantitative estimate of drug-likeness (QED) is 0.840. The van der Waals surface area contributed by atoms with Crippen molar-refractivity contribution in [1.29, 1.82) is 0 Å². The summed E-state index contributed by atoms with van der Waals surface area (Å²) in [6, 6.07) is 9.05. The molecule has 1 N–H and O–H groups in total. The van der Waals surface area contributed by atoms with E-state index in [4.69, 9.17) is 0 Å². The summed E-state index contributed by atoms with van der Waals surface area (Å²) in [5, 5.41) is 12.3. The van der Waals surface area contributed by atoms with Gasteiger partial charge in [0.2, 0.25) is 10.0 Å². The molecule has 0 bridgehead atoms. The van der Waals surface area contributed by atoms with Crippen LogP contribution >= 0.6 is 0 Å². The number of fused-ring (bicyclic) bond motifs is 1. The lowest BCUT2D eigenvalue weighted by Gasteiger charge is -2.20. The van der Waals surface area contributed by atoms with Crippen molar-refractivity contribution < 1.29 is 18.3 Å². The van der Waals surface area contributed by atoms with Crippen LogP contribution in [-0.2, 0) is 14.8 Å². The number of carboxylic acid groups (broad SMARTS) is 1. The van der Waals surface area contributed by atoms with Gasteiger partial charge in [0, 0.05) is 30.6 Å². The average molecular weight is 335 g/mol. The van der Waals surface area contributed by atoms with Crippen molar-refractivity contribution in [3.63, 3.8) is 0 Å². The molecule has 0 heterocycles. The van der Waals surface area contributed by atoms with Crippen LogP contribution in [0.1, 0.15) is 13.3 Å². The van der Waals surface area contributed by atoms with Crippen LogP contribution in [0, 0.1) is 0 Å². The predicted molar refractivity (Wildman–Crippen MR) is 87.7 cm³/mol.